The smallest absolute Gasteiger partial charge is 0.321 e. The quantitative estimate of drug-likeness (QED) is 0.777. The summed E-state index contributed by atoms with van der Waals surface area (Å²) in [5, 5.41) is 11.6. The Morgan fingerprint density at radius 2 is 1.59 bits per heavy atom. The number of hydrogen-bond acceptors (Lipinski definition) is 5. The van der Waals surface area contributed by atoms with Crippen molar-refractivity contribution in [1.29, 1.82) is 0 Å². The average Bonchev–Trinajstić information content (AvgIpc) is 2.75. The maximum Gasteiger partial charge on any atom is 0.321 e. The van der Waals surface area contributed by atoms with E-state index in [1.807, 2.05) is 59.5 Å². The Hall–Kier alpha value is -3.48. The summed E-state index contributed by atoms with van der Waals surface area (Å²) in [6, 6.07) is 17.2. The Labute approximate surface area is 157 Å². The predicted molar refractivity (Wildman–Crippen MR) is 105 cm³/mol. The molecule has 2 amide bonds. The second-order valence-electron chi connectivity index (χ2n) is 6.28. The summed E-state index contributed by atoms with van der Waals surface area (Å²) in [6.45, 7) is 2.75. The van der Waals surface area contributed by atoms with Gasteiger partial charge in [-0.25, -0.2) is 4.79 Å². The molecule has 1 saturated heterocycles. The van der Waals surface area contributed by atoms with E-state index in [1.54, 1.807) is 12.4 Å². The molecule has 3 heterocycles. The Bertz CT molecular complexity index is 877. The number of carbonyl (C=O) groups excluding carboxylic acids is 1. The number of aromatic nitrogens is 3. The van der Waals surface area contributed by atoms with Crippen molar-refractivity contribution in [1.82, 2.24) is 20.1 Å². The van der Waals surface area contributed by atoms with E-state index in [2.05, 4.69) is 25.4 Å². The van der Waals surface area contributed by atoms with Gasteiger partial charge in [-0.1, -0.05) is 18.2 Å². The van der Waals surface area contributed by atoms with Crippen LogP contribution < -0.4 is 10.2 Å². The molecular formula is C20H20N6O. The molecule has 3 aromatic rings. The highest BCUT2D eigenvalue weighted by Crippen LogP contribution is 2.19. The molecule has 1 aliphatic rings. The summed E-state index contributed by atoms with van der Waals surface area (Å²) in [5.41, 5.74) is 2.62. The normalized spacial score (nSPS) is 14.1. The fourth-order valence-electron chi connectivity index (χ4n) is 3.03. The lowest BCUT2D eigenvalue weighted by atomic mass is 10.2. The molecule has 4 rings (SSSR count). The maximum absolute atomic E-state index is 12.4. The van der Waals surface area contributed by atoms with Crippen LogP contribution in [0.3, 0.4) is 0 Å². The largest absolute Gasteiger partial charge is 0.352 e. The summed E-state index contributed by atoms with van der Waals surface area (Å²) in [6.07, 6.45) is 3.48. The molecular weight excluding hydrogens is 340 g/mol. The molecule has 7 heteroatoms. The third-order valence-corrected chi connectivity index (χ3v) is 4.54. The first-order valence-corrected chi connectivity index (χ1v) is 8.90. The van der Waals surface area contributed by atoms with Gasteiger partial charge in [-0.15, -0.1) is 10.2 Å². The highest BCUT2D eigenvalue weighted by Gasteiger charge is 2.22. The third-order valence-electron chi connectivity index (χ3n) is 4.54. The van der Waals surface area contributed by atoms with Crippen molar-refractivity contribution in [2.24, 2.45) is 0 Å². The molecule has 0 bridgehead atoms. The summed E-state index contributed by atoms with van der Waals surface area (Å²) < 4.78 is 0. The van der Waals surface area contributed by atoms with Crippen LogP contribution in [0.4, 0.5) is 16.3 Å². The highest BCUT2D eigenvalue weighted by molar-refractivity contribution is 5.89. The van der Waals surface area contributed by atoms with E-state index < -0.39 is 0 Å². The molecule has 0 radical (unpaired) electrons. The van der Waals surface area contributed by atoms with Crippen molar-refractivity contribution in [3.05, 3.63) is 67.0 Å². The minimum absolute atomic E-state index is 0.0695. The lowest BCUT2D eigenvalue weighted by Gasteiger charge is -2.35. The Kier molecular flexibility index (Phi) is 4.91. The minimum Gasteiger partial charge on any atom is -0.352 e. The van der Waals surface area contributed by atoms with Gasteiger partial charge in [0.05, 0.1) is 5.69 Å². The van der Waals surface area contributed by atoms with Gasteiger partial charge >= 0.3 is 6.03 Å². The molecule has 0 aliphatic carbocycles. The van der Waals surface area contributed by atoms with Crippen LogP contribution in [0.2, 0.25) is 0 Å². The first kappa shape index (κ1) is 17.0. The number of nitrogens with one attached hydrogen (secondary N) is 1. The van der Waals surface area contributed by atoms with E-state index in [1.165, 1.54) is 0 Å². The molecule has 27 heavy (non-hydrogen) atoms. The van der Waals surface area contributed by atoms with Crippen molar-refractivity contribution in [2.45, 2.75) is 0 Å². The van der Waals surface area contributed by atoms with E-state index in [0.717, 1.165) is 35.9 Å². The van der Waals surface area contributed by atoms with Crippen molar-refractivity contribution in [2.75, 3.05) is 36.4 Å². The molecule has 0 spiro atoms. The van der Waals surface area contributed by atoms with Gasteiger partial charge in [0.1, 0.15) is 0 Å². The molecule has 1 aromatic carbocycles. The van der Waals surface area contributed by atoms with Crippen molar-refractivity contribution in [3.63, 3.8) is 0 Å². The first-order chi connectivity index (χ1) is 13.3. The number of carbonyl (C=O) groups is 1. The van der Waals surface area contributed by atoms with E-state index in [4.69, 9.17) is 0 Å². The molecule has 2 aromatic heterocycles. The number of pyridine rings is 1. The number of amides is 2. The maximum atomic E-state index is 12.4. The van der Waals surface area contributed by atoms with Gasteiger partial charge in [0.15, 0.2) is 5.82 Å². The van der Waals surface area contributed by atoms with Crippen LogP contribution in [0.15, 0.2) is 67.0 Å². The summed E-state index contributed by atoms with van der Waals surface area (Å²) in [7, 11) is 0. The highest BCUT2D eigenvalue weighted by atomic mass is 16.2. The zero-order valence-electron chi connectivity index (χ0n) is 14.8. The molecule has 136 valence electrons. The monoisotopic (exact) mass is 360 g/mol. The molecule has 0 atom stereocenters. The number of hydrogen-bond donors (Lipinski definition) is 1. The van der Waals surface area contributed by atoms with Crippen LogP contribution in [0, 0.1) is 0 Å². The van der Waals surface area contributed by atoms with Gasteiger partial charge in [-0.3, -0.25) is 4.98 Å². The Morgan fingerprint density at radius 1 is 0.852 bits per heavy atom. The fourth-order valence-corrected chi connectivity index (χ4v) is 3.03. The lowest BCUT2D eigenvalue weighted by molar-refractivity contribution is 0.208. The molecule has 1 N–H and O–H groups in total. The lowest BCUT2D eigenvalue weighted by Crippen LogP contribution is -2.50. The number of para-hydroxylation sites is 1. The third kappa shape index (κ3) is 4.03. The topological polar surface area (TPSA) is 74.2 Å². The van der Waals surface area contributed by atoms with E-state index in [0.29, 0.717) is 13.1 Å². The van der Waals surface area contributed by atoms with Gasteiger partial charge in [0.25, 0.3) is 0 Å². The van der Waals surface area contributed by atoms with Gasteiger partial charge in [0, 0.05) is 49.8 Å². The number of urea groups is 1. The Morgan fingerprint density at radius 3 is 2.26 bits per heavy atom. The molecule has 7 nitrogen and oxygen atoms in total. The number of benzene rings is 1. The SMILES string of the molecule is O=C(Nc1ccccc1)N1CCN(c2ccc(-c3ccncc3)nn2)CC1. The second-order valence-corrected chi connectivity index (χ2v) is 6.28. The number of piperazine rings is 1. The minimum atomic E-state index is -0.0695. The van der Waals surface area contributed by atoms with Crippen molar-refractivity contribution in [3.8, 4) is 11.3 Å². The molecule has 0 unspecified atom stereocenters. The Balaban J connectivity index is 1.34. The predicted octanol–water partition coefficient (Wildman–Crippen LogP) is 2.89. The summed E-state index contributed by atoms with van der Waals surface area (Å²) in [5.74, 6) is 0.830. The van der Waals surface area contributed by atoms with Crippen LogP contribution in [-0.2, 0) is 0 Å². The van der Waals surface area contributed by atoms with Crippen LogP contribution in [-0.4, -0.2) is 52.3 Å². The van der Waals surface area contributed by atoms with Gasteiger partial charge in [0.2, 0.25) is 0 Å². The van der Waals surface area contributed by atoms with Gasteiger partial charge < -0.3 is 15.1 Å². The standard InChI is InChI=1S/C20H20N6O/c27-20(22-17-4-2-1-3-5-17)26-14-12-25(13-15-26)19-7-6-18(23-24-19)16-8-10-21-11-9-16/h1-11H,12-15H2,(H,22,27). The molecule has 1 fully saturated rings. The van der Waals surface area contributed by atoms with Gasteiger partial charge in [-0.2, -0.15) is 0 Å². The van der Waals surface area contributed by atoms with E-state index in [9.17, 15) is 4.79 Å². The number of anilines is 2. The summed E-state index contributed by atoms with van der Waals surface area (Å²) in [4.78, 5) is 20.4. The van der Waals surface area contributed by atoms with Crippen molar-refractivity contribution >= 4 is 17.5 Å². The van der Waals surface area contributed by atoms with Crippen LogP contribution in [0.5, 0.6) is 0 Å². The van der Waals surface area contributed by atoms with Crippen LogP contribution in [0.1, 0.15) is 0 Å². The zero-order chi connectivity index (χ0) is 18.5. The fraction of sp³-hybridized carbons (Fsp3) is 0.200. The molecule has 1 aliphatic heterocycles. The van der Waals surface area contributed by atoms with Gasteiger partial charge in [-0.05, 0) is 36.4 Å². The first-order valence-electron chi connectivity index (χ1n) is 8.90. The number of nitrogens with zero attached hydrogens (tertiary/aromatic N) is 5. The average molecular weight is 360 g/mol. The molecule has 0 saturated carbocycles. The second kappa shape index (κ2) is 7.82. The van der Waals surface area contributed by atoms with Crippen LogP contribution in [0.25, 0.3) is 11.3 Å². The zero-order valence-corrected chi connectivity index (χ0v) is 14.8. The van der Waals surface area contributed by atoms with Crippen LogP contribution >= 0.6 is 0 Å². The number of rotatable bonds is 3. The van der Waals surface area contributed by atoms with E-state index in [-0.39, 0.29) is 6.03 Å². The van der Waals surface area contributed by atoms with E-state index >= 15 is 0 Å². The summed E-state index contributed by atoms with van der Waals surface area (Å²) >= 11 is 0. The van der Waals surface area contributed by atoms with Crippen molar-refractivity contribution < 1.29 is 4.79 Å².